The van der Waals surface area contributed by atoms with Gasteiger partial charge in [0.15, 0.2) is 0 Å². The van der Waals surface area contributed by atoms with Crippen molar-refractivity contribution >= 4 is 37.8 Å². The number of nitrogens with one attached hydrogen (secondary N) is 2. The quantitative estimate of drug-likeness (QED) is 0.0942. The van der Waals surface area contributed by atoms with Crippen LogP contribution in [0.25, 0.3) is 0 Å². The molecule has 0 radical (unpaired) electrons. The summed E-state index contributed by atoms with van der Waals surface area (Å²) < 4.78 is 22.9. The molecule has 2 aromatic heterocycles. The van der Waals surface area contributed by atoms with E-state index in [-0.39, 0.29) is 37.2 Å². The number of nitrogens with zero attached hydrogens (tertiary/aromatic N) is 2. The number of aliphatic hydroxyl groups excluding tert-OH is 5. The van der Waals surface area contributed by atoms with Crippen molar-refractivity contribution in [2.24, 2.45) is 0 Å². The molecule has 20 heteroatoms. The summed E-state index contributed by atoms with van der Waals surface area (Å²) in [7, 11) is 1.46. The second kappa shape index (κ2) is 17.0. The van der Waals surface area contributed by atoms with Crippen LogP contribution in [0.5, 0.6) is 0 Å². The van der Waals surface area contributed by atoms with Crippen molar-refractivity contribution in [2.45, 2.75) is 73.7 Å². The lowest BCUT2D eigenvalue weighted by Crippen LogP contribution is -2.37. The van der Waals surface area contributed by atoms with Crippen molar-refractivity contribution in [3.05, 3.63) is 65.2 Å². The molecule has 258 valence electrons. The third kappa shape index (κ3) is 8.68. The Bertz CT molecular complexity index is 1560. The van der Waals surface area contributed by atoms with E-state index in [2.05, 4.69) is 36.8 Å². The van der Waals surface area contributed by atoms with E-state index in [1.807, 2.05) is 4.98 Å². The van der Waals surface area contributed by atoms with E-state index in [0.717, 1.165) is 10.8 Å². The summed E-state index contributed by atoms with van der Waals surface area (Å²) in [6.45, 7) is 0.916. The Hall–Kier alpha value is -2.53. The lowest BCUT2D eigenvalue weighted by atomic mass is 10.1. The van der Waals surface area contributed by atoms with Gasteiger partial charge in [0.05, 0.1) is 49.3 Å². The van der Waals surface area contributed by atoms with Gasteiger partial charge >= 0.3 is 17.3 Å². The maximum Gasteiger partial charge on any atom is 0.330 e. The number of aromatic nitrogens is 4. The van der Waals surface area contributed by atoms with Gasteiger partial charge in [0.25, 0.3) is 11.1 Å². The van der Waals surface area contributed by atoms with Gasteiger partial charge in [-0.2, -0.15) is 0 Å². The predicted molar refractivity (Wildman–Crippen MR) is 164 cm³/mol. The fourth-order valence-electron chi connectivity index (χ4n) is 4.75. The molecule has 2 saturated heterocycles. The molecule has 0 amide bonds. The van der Waals surface area contributed by atoms with Crippen molar-refractivity contribution in [3.63, 3.8) is 0 Å². The summed E-state index contributed by atoms with van der Waals surface area (Å²) in [4.78, 5) is 62.5. The van der Waals surface area contributed by atoms with Gasteiger partial charge in [0, 0.05) is 37.7 Å². The van der Waals surface area contributed by atoms with Crippen molar-refractivity contribution in [3.8, 4) is 0 Å². The molecule has 0 spiro atoms. The van der Waals surface area contributed by atoms with Crippen LogP contribution in [0.3, 0.4) is 0 Å². The van der Waals surface area contributed by atoms with Crippen LogP contribution in [0, 0.1) is 0 Å². The molecule has 7 N–H and O–H groups in total. The Morgan fingerprint density at radius 3 is 1.80 bits per heavy atom. The van der Waals surface area contributed by atoms with E-state index >= 15 is 0 Å². The number of esters is 1. The number of hydrogen-bond donors (Lipinski definition) is 7. The number of rotatable bonds is 11. The van der Waals surface area contributed by atoms with Crippen molar-refractivity contribution in [1.82, 2.24) is 19.1 Å². The first kappa shape index (κ1) is 37.9. The summed E-state index contributed by atoms with van der Waals surface area (Å²) in [5, 5.41) is 48.3. The van der Waals surface area contributed by atoms with E-state index in [4.69, 9.17) is 29.2 Å². The molecule has 4 heterocycles. The van der Waals surface area contributed by atoms with Gasteiger partial charge in [-0.25, -0.2) is 9.59 Å². The highest BCUT2D eigenvalue weighted by atomic mass is 79.9. The fourth-order valence-corrected chi connectivity index (χ4v) is 5.78. The van der Waals surface area contributed by atoms with E-state index in [1.165, 1.54) is 17.9 Å². The van der Waals surface area contributed by atoms with Gasteiger partial charge < -0.3 is 44.5 Å². The number of aromatic amines is 2. The number of alkyl halides is 2. The number of carbonyl (C=O) groups excluding carboxylic acids is 1. The molecule has 0 aromatic carbocycles. The maximum atomic E-state index is 12.0. The summed E-state index contributed by atoms with van der Waals surface area (Å²) in [5.74, 6) is -0.764. The normalized spacial score (nSPS) is 26.2. The molecule has 4 rings (SSSR count). The molecular weight excluding hydrogens is 752 g/mol. The Labute approximate surface area is 276 Å². The van der Waals surface area contributed by atoms with Crippen LogP contribution in [0.1, 0.15) is 55.6 Å². The van der Waals surface area contributed by atoms with Crippen LogP contribution >= 0.6 is 31.9 Å². The highest BCUT2D eigenvalue weighted by Gasteiger charge is 2.37. The van der Waals surface area contributed by atoms with E-state index in [1.54, 1.807) is 6.92 Å². The predicted octanol–water partition coefficient (Wildman–Crippen LogP) is -2.20. The van der Waals surface area contributed by atoms with Gasteiger partial charge in [-0.15, -0.1) is 0 Å². The minimum atomic E-state index is -1.57. The number of H-pyrrole nitrogens is 2. The molecule has 2 aliphatic rings. The number of carbonyl (C=O) groups is 1. The van der Waals surface area contributed by atoms with Crippen LogP contribution in [0.15, 0.2) is 31.6 Å². The highest BCUT2D eigenvalue weighted by Crippen LogP contribution is 2.29. The Morgan fingerprint density at radius 1 is 0.957 bits per heavy atom. The van der Waals surface area contributed by atoms with Crippen molar-refractivity contribution < 1.29 is 49.3 Å². The summed E-state index contributed by atoms with van der Waals surface area (Å²) in [6.07, 6.45) is -4.61. The van der Waals surface area contributed by atoms with Crippen LogP contribution in [-0.4, -0.2) is 112 Å². The zero-order chi connectivity index (χ0) is 34.3. The second-order valence-electron chi connectivity index (χ2n) is 10.2. The Balaban J connectivity index is 0.000000254. The minimum absolute atomic E-state index is 0.0162. The third-order valence-corrected chi connectivity index (χ3v) is 8.72. The molecule has 3 unspecified atom stereocenters. The molecule has 0 bridgehead atoms. The van der Waals surface area contributed by atoms with Gasteiger partial charge in [0.1, 0.15) is 35.6 Å². The molecular formula is C26H36Br2N4O14. The maximum absolute atomic E-state index is 12.0. The molecule has 2 fully saturated rings. The van der Waals surface area contributed by atoms with E-state index in [9.17, 15) is 39.3 Å². The second-order valence-corrected chi connectivity index (χ2v) is 11.8. The molecule has 0 aliphatic carbocycles. The number of methoxy groups -OCH3 is 1. The zero-order valence-corrected chi connectivity index (χ0v) is 27.8. The lowest BCUT2D eigenvalue weighted by Gasteiger charge is -2.19. The van der Waals surface area contributed by atoms with E-state index in [0.29, 0.717) is 5.33 Å². The van der Waals surface area contributed by atoms with Gasteiger partial charge in [0.2, 0.25) is 0 Å². The summed E-state index contributed by atoms with van der Waals surface area (Å²) >= 11 is 6.20. The summed E-state index contributed by atoms with van der Waals surface area (Å²) in [6, 6.07) is 0. The van der Waals surface area contributed by atoms with Crippen LogP contribution in [0.2, 0.25) is 0 Å². The Kier molecular flexibility index (Phi) is 14.0. The van der Waals surface area contributed by atoms with Crippen LogP contribution in [0.4, 0.5) is 0 Å². The van der Waals surface area contributed by atoms with Crippen molar-refractivity contribution in [1.29, 1.82) is 0 Å². The number of aliphatic hydroxyl groups is 5. The van der Waals surface area contributed by atoms with E-state index < -0.39 is 89.0 Å². The van der Waals surface area contributed by atoms with Crippen LogP contribution < -0.4 is 22.5 Å². The highest BCUT2D eigenvalue weighted by molar-refractivity contribution is 9.10. The SMILES string of the molecule is CCOC(=O)C(Br)C(O)c1cn([C@H]2C[C@H](O)[C@@H](CO)O2)c(=O)[nH]c1=O.COC(CBr)c1cn([C@H]2C[C@H](O)[C@@H](CO)O2)c(=O)[nH]c1=O. The first-order chi connectivity index (χ1) is 21.8. The largest absolute Gasteiger partial charge is 0.465 e. The Morgan fingerprint density at radius 2 is 1.41 bits per heavy atom. The van der Waals surface area contributed by atoms with Gasteiger partial charge in [-0.05, 0) is 6.92 Å². The zero-order valence-electron chi connectivity index (χ0n) is 24.7. The molecule has 9 atom stereocenters. The molecule has 18 nitrogen and oxygen atoms in total. The topological polar surface area (TPSA) is 265 Å². The number of hydrogen-bond acceptors (Lipinski definition) is 14. The average molecular weight is 788 g/mol. The average Bonchev–Trinajstić information content (AvgIpc) is 3.59. The number of ether oxygens (including phenoxy) is 4. The first-order valence-corrected chi connectivity index (χ1v) is 16.0. The fraction of sp³-hybridized carbons (Fsp3) is 0.654. The smallest absolute Gasteiger partial charge is 0.330 e. The molecule has 46 heavy (non-hydrogen) atoms. The third-order valence-electron chi connectivity index (χ3n) is 7.26. The monoisotopic (exact) mass is 786 g/mol. The minimum Gasteiger partial charge on any atom is -0.465 e. The lowest BCUT2D eigenvalue weighted by molar-refractivity contribution is -0.144. The molecule has 2 aliphatic heterocycles. The number of halogens is 2. The van der Waals surface area contributed by atoms with Crippen LogP contribution in [-0.2, 0) is 23.7 Å². The first-order valence-electron chi connectivity index (χ1n) is 14.0. The van der Waals surface area contributed by atoms with Crippen molar-refractivity contribution in [2.75, 3.05) is 32.3 Å². The van der Waals surface area contributed by atoms with Gasteiger partial charge in [-0.1, -0.05) is 31.9 Å². The molecule has 0 saturated carbocycles. The standard InChI is InChI=1S/C14H19BrN2O8.C12H17BrN2O6/c1-2-24-13(22)10(15)11(20)6-4-17(14(23)16-12(6)21)9-3-7(19)8(5-18)25-9;1-20-8(3-13)6-4-15(12(19)14-11(6)18)10-2-7(17)9(5-16)21-10/h4,7-11,18-20H,2-3,5H2,1H3,(H,16,21,23);4,7-10,16-17H,2-3,5H2,1H3,(H,14,18,19)/t7-,8+,9+,10?,11?;7-,8?,9+,10+/m00/s1. The molecule has 2 aromatic rings. The van der Waals surface area contributed by atoms with Gasteiger partial charge in [-0.3, -0.25) is 33.5 Å². The summed E-state index contributed by atoms with van der Waals surface area (Å²) in [5.41, 5.74) is -2.80.